The van der Waals surface area contributed by atoms with Crippen LogP contribution in [-0.2, 0) is 40.5 Å². The predicted octanol–water partition coefficient (Wildman–Crippen LogP) is 1.02. The lowest BCUT2D eigenvalue weighted by molar-refractivity contribution is -0.415. The molecule has 1 N–H and O–H groups in total. The number of rotatable bonds is 12. The van der Waals surface area contributed by atoms with Gasteiger partial charge >= 0.3 is 0 Å². The molecule has 1 rings (SSSR count). The summed E-state index contributed by atoms with van der Waals surface area (Å²) in [4.78, 5) is 41.7. The molecule has 0 spiro atoms. The molecule has 8 nitrogen and oxygen atoms in total. The number of Topliss-reactive ketones (excluding diaryl/α,β-unsaturated/α-hetero) is 1. The number of aliphatic hydroxyl groups is 1. The molecular weight excluding hydrogens is 320 g/mol. The van der Waals surface area contributed by atoms with Crippen molar-refractivity contribution in [3.05, 3.63) is 35.9 Å². The maximum atomic E-state index is 12.8. The number of hydrogen-bond donors (Lipinski definition) is 1. The molecule has 8 heteroatoms. The van der Waals surface area contributed by atoms with Crippen molar-refractivity contribution in [2.24, 2.45) is 0 Å². The summed E-state index contributed by atoms with van der Waals surface area (Å²) in [5.74, 6) is -0.666. The standard InChI is InChI=1S/C16H24O8/c1-11(17)14(22-19-2)16(24-21-4)15(23-20-3)13(18)10-12-8-6-5-7-9-12/h5-9,11,14-17H,10H2,1-4H3/t11-,14+,15+,16-/m1/s1/i10D/t10?,11-,14+,15+,16-. The van der Waals surface area contributed by atoms with Crippen molar-refractivity contribution in [3.63, 3.8) is 0 Å². The topological polar surface area (TPSA) is 92.7 Å². The first-order chi connectivity index (χ1) is 12.0. The molecule has 0 aliphatic rings. The van der Waals surface area contributed by atoms with E-state index in [2.05, 4.69) is 14.7 Å². The van der Waals surface area contributed by atoms with E-state index in [1.54, 1.807) is 30.3 Å². The van der Waals surface area contributed by atoms with Crippen LogP contribution in [0, 0.1) is 0 Å². The monoisotopic (exact) mass is 345 g/mol. The van der Waals surface area contributed by atoms with Gasteiger partial charge < -0.3 is 5.11 Å². The van der Waals surface area contributed by atoms with Crippen LogP contribution in [0.4, 0.5) is 0 Å². The van der Waals surface area contributed by atoms with Gasteiger partial charge in [0.1, 0.15) is 0 Å². The zero-order valence-corrected chi connectivity index (χ0v) is 14.1. The van der Waals surface area contributed by atoms with Crippen LogP contribution in [-0.4, -0.2) is 56.6 Å². The van der Waals surface area contributed by atoms with Gasteiger partial charge in [-0.05, 0) is 12.5 Å². The molecule has 1 unspecified atom stereocenters. The highest BCUT2D eigenvalue weighted by Gasteiger charge is 2.41. The Hall–Kier alpha value is -1.39. The maximum absolute atomic E-state index is 12.8. The largest absolute Gasteiger partial charge is 0.390 e. The lowest BCUT2D eigenvalue weighted by Crippen LogP contribution is -2.51. The van der Waals surface area contributed by atoms with Crippen LogP contribution in [0.1, 0.15) is 13.9 Å². The number of ketones is 1. The molecule has 0 aliphatic carbocycles. The minimum atomic E-state index is -1.41. The molecule has 5 atom stereocenters. The van der Waals surface area contributed by atoms with E-state index < -0.39 is 36.6 Å². The number of aliphatic hydroxyl groups excluding tert-OH is 1. The van der Waals surface area contributed by atoms with Crippen LogP contribution in [0.3, 0.4) is 0 Å². The van der Waals surface area contributed by atoms with Gasteiger partial charge in [0.15, 0.2) is 24.1 Å². The third-order valence-corrected chi connectivity index (χ3v) is 3.10. The average molecular weight is 345 g/mol. The molecule has 0 amide bonds. The normalized spacial score (nSPS) is 18.3. The van der Waals surface area contributed by atoms with Crippen molar-refractivity contribution in [1.29, 1.82) is 0 Å². The van der Waals surface area contributed by atoms with Crippen LogP contribution in [0.25, 0.3) is 0 Å². The van der Waals surface area contributed by atoms with E-state index in [9.17, 15) is 9.90 Å². The Bertz CT molecular complexity index is 498. The van der Waals surface area contributed by atoms with E-state index >= 15 is 0 Å². The van der Waals surface area contributed by atoms with E-state index in [-0.39, 0.29) is 0 Å². The van der Waals surface area contributed by atoms with Crippen LogP contribution in [0.5, 0.6) is 0 Å². The van der Waals surface area contributed by atoms with Crippen molar-refractivity contribution >= 4 is 5.78 Å². The summed E-state index contributed by atoms with van der Waals surface area (Å²) in [5, 5.41) is 9.90. The molecule has 1 aromatic rings. The lowest BCUT2D eigenvalue weighted by Gasteiger charge is -2.30. The molecule has 0 heterocycles. The van der Waals surface area contributed by atoms with E-state index in [1.807, 2.05) is 0 Å². The number of benzene rings is 1. The predicted molar refractivity (Wildman–Crippen MR) is 82.5 cm³/mol. The molecule has 0 aromatic heterocycles. The fourth-order valence-corrected chi connectivity index (χ4v) is 2.07. The Labute approximate surface area is 142 Å². The van der Waals surface area contributed by atoms with Gasteiger partial charge in [-0.1, -0.05) is 30.3 Å². The van der Waals surface area contributed by atoms with Crippen LogP contribution in [0.15, 0.2) is 30.3 Å². The van der Waals surface area contributed by atoms with Gasteiger partial charge in [-0.15, -0.1) is 0 Å². The smallest absolute Gasteiger partial charge is 0.183 e. The third-order valence-electron chi connectivity index (χ3n) is 3.10. The van der Waals surface area contributed by atoms with Crippen molar-refractivity contribution in [1.82, 2.24) is 0 Å². The molecule has 0 fully saturated rings. The van der Waals surface area contributed by atoms with Gasteiger partial charge in [-0.3, -0.25) is 4.79 Å². The van der Waals surface area contributed by atoms with Gasteiger partial charge in [-0.2, -0.15) is 0 Å². The van der Waals surface area contributed by atoms with E-state index in [0.29, 0.717) is 5.56 Å². The second-order valence-corrected chi connectivity index (χ2v) is 4.84. The zero-order chi connectivity index (χ0) is 18.8. The highest BCUT2D eigenvalue weighted by molar-refractivity contribution is 5.85. The van der Waals surface area contributed by atoms with E-state index in [1.165, 1.54) is 28.3 Å². The molecule has 1 aromatic carbocycles. The average Bonchev–Trinajstić information content (AvgIpc) is 2.62. The van der Waals surface area contributed by atoms with Crippen molar-refractivity contribution < 1.29 is 40.6 Å². The van der Waals surface area contributed by atoms with Crippen molar-refractivity contribution in [2.45, 2.75) is 37.7 Å². The molecule has 0 aliphatic heterocycles. The number of carbonyl (C=O) groups excluding carboxylic acids is 1. The summed E-state index contributed by atoms with van der Waals surface area (Å²) in [6.07, 6.45) is -6.17. The molecule has 24 heavy (non-hydrogen) atoms. The number of hydrogen-bond acceptors (Lipinski definition) is 8. The quantitative estimate of drug-likeness (QED) is 0.443. The molecule has 0 saturated carbocycles. The Morgan fingerprint density at radius 1 is 1.04 bits per heavy atom. The second kappa shape index (κ2) is 11.2. The summed E-state index contributed by atoms with van der Waals surface area (Å²) in [7, 11) is 3.67. The maximum Gasteiger partial charge on any atom is 0.183 e. The van der Waals surface area contributed by atoms with Gasteiger partial charge in [0, 0.05) is 7.77 Å². The van der Waals surface area contributed by atoms with Crippen molar-refractivity contribution in [2.75, 3.05) is 21.3 Å². The fourth-order valence-electron chi connectivity index (χ4n) is 2.07. The Morgan fingerprint density at radius 2 is 1.58 bits per heavy atom. The molecular formula is C16H24O8. The van der Waals surface area contributed by atoms with E-state index in [0.717, 1.165) is 0 Å². The first-order valence-electron chi connectivity index (χ1n) is 7.83. The van der Waals surface area contributed by atoms with E-state index in [4.69, 9.17) is 16.0 Å². The number of carbonyl (C=O) groups is 1. The Balaban J connectivity index is 3.12. The Kier molecular flexibility index (Phi) is 8.85. The summed E-state index contributed by atoms with van der Waals surface area (Å²) in [5.41, 5.74) is 0.467. The third kappa shape index (κ3) is 6.25. The lowest BCUT2D eigenvalue weighted by atomic mass is 9.97. The first kappa shape index (κ1) is 18.9. The Morgan fingerprint density at radius 3 is 2.08 bits per heavy atom. The van der Waals surface area contributed by atoms with Crippen LogP contribution in [0.2, 0.25) is 0 Å². The molecule has 0 saturated heterocycles. The fraction of sp³-hybridized carbons (Fsp3) is 0.562. The van der Waals surface area contributed by atoms with Crippen LogP contribution < -0.4 is 0 Å². The molecule has 0 bridgehead atoms. The first-order valence-corrected chi connectivity index (χ1v) is 7.25. The summed E-state index contributed by atoms with van der Waals surface area (Å²) in [6.45, 7) is 1.42. The molecule has 136 valence electrons. The van der Waals surface area contributed by atoms with Crippen molar-refractivity contribution in [3.8, 4) is 0 Å². The minimum absolute atomic E-state index is 0.467. The summed E-state index contributed by atoms with van der Waals surface area (Å²) in [6, 6.07) is 8.49. The second-order valence-electron chi connectivity index (χ2n) is 4.84. The highest BCUT2D eigenvalue weighted by atomic mass is 17.2. The summed E-state index contributed by atoms with van der Waals surface area (Å²) >= 11 is 0. The van der Waals surface area contributed by atoms with Gasteiger partial charge in [0.05, 0.1) is 27.4 Å². The van der Waals surface area contributed by atoms with Gasteiger partial charge in [0.25, 0.3) is 0 Å². The minimum Gasteiger partial charge on any atom is -0.390 e. The van der Waals surface area contributed by atoms with Gasteiger partial charge in [0.2, 0.25) is 0 Å². The van der Waals surface area contributed by atoms with Gasteiger partial charge in [-0.25, -0.2) is 29.3 Å². The summed E-state index contributed by atoms with van der Waals surface area (Å²) < 4.78 is 8.19. The van der Waals surface area contributed by atoms with Crippen LogP contribution >= 0.6 is 0 Å². The SMILES string of the molecule is [2H]C(C(=O)[C@H](OOC)[C@H](OOC)[C@@H](OOC)[C@@H](C)O)c1ccccc1. The highest BCUT2D eigenvalue weighted by Crippen LogP contribution is 2.19. The molecule has 0 radical (unpaired) electrons. The zero-order valence-electron chi connectivity index (χ0n) is 15.1.